The molecule has 0 aliphatic heterocycles. The summed E-state index contributed by atoms with van der Waals surface area (Å²) in [6.45, 7) is 2.08. The molecule has 31 heavy (non-hydrogen) atoms. The number of aryl methyl sites for hydroxylation is 1. The van der Waals surface area contributed by atoms with Crippen LogP contribution in [0, 0.1) is 18.6 Å². The Balaban J connectivity index is 1.70. The third-order valence-electron chi connectivity index (χ3n) is 4.51. The Hall–Kier alpha value is -3.58. The van der Waals surface area contributed by atoms with Gasteiger partial charge in [-0.15, -0.1) is 0 Å². The Kier molecular flexibility index (Phi) is 6.04. The number of hydrogen-bond donors (Lipinski definition) is 1. The lowest BCUT2D eigenvalue weighted by molar-refractivity contribution is 0.305. The number of ether oxygens (including phenoxy) is 1. The van der Waals surface area contributed by atoms with Gasteiger partial charge in [-0.3, -0.25) is 4.98 Å². The van der Waals surface area contributed by atoms with E-state index in [2.05, 4.69) is 20.3 Å². The molecule has 156 valence electrons. The highest BCUT2D eigenvalue weighted by Crippen LogP contribution is 2.31. The number of anilines is 2. The highest BCUT2D eigenvalue weighted by Gasteiger charge is 2.15. The fourth-order valence-electron chi connectivity index (χ4n) is 2.85. The van der Waals surface area contributed by atoms with Crippen LogP contribution in [0.2, 0.25) is 5.02 Å². The first-order valence-electron chi connectivity index (χ1n) is 9.37. The molecule has 0 saturated carbocycles. The summed E-state index contributed by atoms with van der Waals surface area (Å²) < 4.78 is 33.4. The molecule has 0 unspecified atom stereocenters. The zero-order valence-electron chi connectivity index (χ0n) is 16.4. The van der Waals surface area contributed by atoms with Crippen LogP contribution in [-0.4, -0.2) is 15.0 Å². The number of nitrogens with zero attached hydrogens (tertiary/aromatic N) is 3. The lowest BCUT2D eigenvalue weighted by Crippen LogP contribution is -2.05. The molecule has 0 bridgehead atoms. The van der Waals surface area contributed by atoms with Crippen molar-refractivity contribution >= 4 is 23.1 Å². The molecule has 0 amide bonds. The van der Waals surface area contributed by atoms with Crippen LogP contribution in [0.3, 0.4) is 0 Å². The Morgan fingerprint density at radius 2 is 1.84 bits per heavy atom. The van der Waals surface area contributed by atoms with Gasteiger partial charge in [0, 0.05) is 23.1 Å². The van der Waals surface area contributed by atoms with Crippen molar-refractivity contribution in [2.45, 2.75) is 13.5 Å². The van der Waals surface area contributed by atoms with Crippen molar-refractivity contribution in [2.24, 2.45) is 0 Å². The smallest absolute Gasteiger partial charge is 0.180 e. The Bertz CT molecular complexity index is 1220. The third-order valence-corrected chi connectivity index (χ3v) is 4.74. The van der Waals surface area contributed by atoms with E-state index in [1.165, 1.54) is 36.5 Å². The summed E-state index contributed by atoms with van der Waals surface area (Å²) in [6.07, 6.45) is 4.82. The van der Waals surface area contributed by atoms with E-state index in [9.17, 15) is 8.78 Å². The molecule has 0 spiro atoms. The van der Waals surface area contributed by atoms with Crippen LogP contribution < -0.4 is 10.1 Å². The van der Waals surface area contributed by atoms with Crippen LogP contribution in [0.1, 0.15) is 11.1 Å². The molecule has 0 radical (unpaired) electrons. The van der Waals surface area contributed by atoms with Crippen molar-refractivity contribution in [1.82, 2.24) is 15.0 Å². The Labute approximate surface area is 182 Å². The number of pyridine rings is 1. The van der Waals surface area contributed by atoms with E-state index in [1.54, 1.807) is 30.6 Å². The fourth-order valence-corrected chi connectivity index (χ4v) is 3.02. The molecule has 8 heteroatoms. The topological polar surface area (TPSA) is 59.9 Å². The van der Waals surface area contributed by atoms with E-state index in [-0.39, 0.29) is 23.8 Å². The number of aromatic nitrogens is 3. The highest BCUT2D eigenvalue weighted by atomic mass is 35.5. The van der Waals surface area contributed by atoms with Crippen molar-refractivity contribution in [3.63, 3.8) is 0 Å². The second kappa shape index (κ2) is 9.06. The van der Waals surface area contributed by atoms with Gasteiger partial charge in [-0.1, -0.05) is 23.7 Å². The van der Waals surface area contributed by atoms with Crippen LogP contribution in [0.5, 0.6) is 5.75 Å². The molecular formula is C23H17ClF2N4O. The maximum absolute atomic E-state index is 14.4. The number of nitrogens with one attached hydrogen (secondary N) is 1. The molecule has 0 aliphatic rings. The summed E-state index contributed by atoms with van der Waals surface area (Å²) in [4.78, 5) is 12.8. The van der Waals surface area contributed by atoms with Gasteiger partial charge in [0.1, 0.15) is 18.2 Å². The average Bonchev–Trinajstić information content (AvgIpc) is 2.77. The molecule has 1 N–H and O–H groups in total. The molecule has 2 heterocycles. The van der Waals surface area contributed by atoms with Crippen molar-refractivity contribution in [1.29, 1.82) is 0 Å². The second-order valence-electron chi connectivity index (χ2n) is 6.76. The van der Waals surface area contributed by atoms with Crippen LogP contribution >= 0.6 is 11.6 Å². The molecule has 0 atom stereocenters. The standard InChI is InChI=1S/C23H17ClF2N4O/c1-14-11-27-9-8-20(14)29-23-21(31-13-15-2-5-17(25)6-3-15)12-28-22(30-23)18-10-16(24)4-7-19(18)26/h2-12H,13H2,1H3,(H,27,28,29,30). The molecule has 2 aromatic carbocycles. The quantitative estimate of drug-likeness (QED) is 0.394. The zero-order valence-corrected chi connectivity index (χ0v) is 17.2. The summed E-state index contributed by atoms with van der Waals surface area (Å²) in [5.74, 6) is 0.0433. The van der Waals surface area contributed by atoms with Gasteiger partial charge in [0.15, 0.2) is 17.4 Å². The first kappa shape index (κ1) is 20.7. The third kappa shape index (κ3) is 4.95. The lowest BCUT2D eigenvalue weighted by atomic mass is 10.2. The maximum atomic E-state index is 14.4. The minimum atomic E-state index is -0.490. The molecule has 0 fully saturated rings. The van der Waals surface area contributed by atoms with Crippen LogP contribution in [0.25, 0.3) is 11.4 Å². The Morgan fingerprint density at radius 3 is 2.61 bits per heavy atom. The van der Waals surface area contributed by atoms with Gasteiger partial charge >= 0.3 is 0 Å². The Morgan fingerprint density at radius 1 is 1.03 bits per heavy atom. The molecule has 5 nitrogen and oxygen atoms in total. The van der Waals surface area contributed by atoms with E-state index in [1.807, 2.05) is 6.92 Å². The van der Waals surface area contributed by atoms with E-state index in [4.69, 9.17) is 16.3 Å². The van der Waals surface area contributed by atoms with Gasteiger partial charge in [-0.2, -0.15) is 0 Å². The highest BCUT2D eigenvalue weighted by molar-refractivity contribution is 6.30. The minimum absolute atomic E-state index is 0.156. The van der Waals surface area contributed by atoms with Crippen molar-refractivity contribution in [3.05, 3.63) is 94.9 Å². The average molecular weight is 439 g/mol. The first-order chi connectivity index (χ1) is 15.0. The second-order valence-corrected chi connectivity index (χ2v) is 7.20. The largest absolute Gasteiger partial charge is 0.483 e. The number of rotatable bonds is 6. The van der Waals surface area contributed by atoms with Crippen molar-refractivity contribution < 1.29 is 13.5 Å². The molecule has 2 aromatic heterocycles. The van der Waals surface area contributed by atoms with Crippen molar-refractivity contribution in [3.8, 4) is 17.1 Å². The normalized spacial score (nSPS) is 10.7. The van der Waals surface area contributed by atoms with Crippen molar-refractivity contribution in [2.75, 3.05) is 5.32 Å². The maximum Gasteiger partial charge on any atom is 0.180 e. The molecule has 4 aromatic rings. The SMILES string of the molecule is Cc1cnccc1Nc1nc(-c2cc(Cl)ccc2F)ncc1OCc1ccc(F)cc1. The molecular weight excluding hydrogens is 422 g/mol. The van der Waals surface area contributed by atoms with Gasteiger partial charge < -0.3 is 10.1 Å². The lowest BCUT2D eigenvalue weighted by Gasteiger charge is -2.15. The first-order valence-corrected chi connectivity index (χ1v) is 9.75. The fraction of sp³-hybridized carbons (Fsp3) is 0.0870. The summed E-state index contributed by atoms with van der Waals surface area (Å²) in [5, 5.41) is 3.57. The summed E-state index contributed by atoms with van der Waals surface area (Å²) >= 11 is 6.02. The summed E-state index contributed by atoms with van der Waals surface area (Å²) in [6, 6.07) is 12.0. The van der Waals surface area contributed by atoms with E-state index < -0.39 is 5.82 Å². The van der Waals surface area contributed by atoms with Gasteiger partial charge in [0.2, 0.25) is 0 Å². The van der Waals surface area contributed by atoms with Crippen LogP contribution in [0.15, 0.2) is 67.1 Å². The van der Waals surface area contributed by atoms with Gasteiger partial charge in [0.25, 0.3) is 0 Å². The van der Waals surface area contributed by atoms with Gasteiger partial charge in [-0.05, 0) is 54.4 Å². The summed E-state index contributed by atoms with van der Waals surface area (Å²) in [5.41, 5.74) is 2.60. The van der Waals surface area contributed by atoms with Crippen LogP contribution in [-0.2, 0) is 6.61 Å². The number of benzene rings is 2. The number of hydrogen-bond acceptors (Lipinski definition) is 5. The van der Waals surface area contributed by atoms with Gasteiger partial charge in [0.05, 0.1) is 11.8 Å². The van der Waals surface area contributed by atoms with E-state index in [0.29, 0.717) is 16.6 Å². The predicted octanol–water partition coefficient (Wildman–Crippen LogP) is 6.10. The van der Waals surface area contributed by atoms with E-state index in [0.717, 1.165) is 16.8 Å². The van der Waals surface area contributed by atoms with Crippen LogP contribution in [0.4, 0.5) is 20.3 Å². The number of halogens is 3. The zero-order chi connectivity index (χ0) is 21.8. The predicted molar refractivity (Wildman–Crippen MR) is 115 cm³/mol. The molecule has 0 aliphatic carbocycles. The summed E-state index contributed by atoms with van der Waals surface area (Å²) in [7, 11) is 0. The monoisotopic (exact) mass is 438 g/mol. The minimum Gasteiger partial charge on any atom is -0.483 e. The van der Waals surface area contributed by atoms with Gasteiger partial charge in [-0.25, -0.2) is 18.7 Å². The van der Waals surface area contributed by atoms with E-state index >= 15 is 0 Å². The molecule has 0 saturated heterocycles. The molecule has 4 rings (SSSR count).